The highest BCUT2D eigenvalue weighted by molar-refractivity contribution is 6.00. The molecule has 0 heterocycles. The average molecular weight is 530 g/mol. The van der Waals surface area contributed by atoms with Gasteiger partial charge in [-0.2, -0.15) is 0 Å². The molecular weight excluding hydrogens is 478 g/mol. The van der Waals surface area contributed by atoms with Gasteiger partial charge in [0.05, 0.1) is 0 Å². The first-order valence-corrected chi connectivity index (χ1v) is 14.9. The second-order valence-electron chi connectivity index (χ2n) is 14.3. The molecule has 5 aliphatic rings. The van der Waals surface area contributed by atoms with E-state index in [0.717, 1.165) is 37.7 Å². The van der Waals surface area contributed by atoms with Gasteiger partial charge in [-0.3, -0.25) is 19.7 Å². The van der Waals surface area contributed by atoms with Gasteiger partial charge in [0.2, 0.25) is 6.54 Å². The smallest absolute Gasteiger partial charge is 0.302 e. The molecule has 0 N–H and O–H groups in total. The van der Waals surface area contributed by atoms with E-state index in [1.165, 1.54) is 31.8 Å². The van der Waals surface area contributed by atoms with Gasteiger partial charge in [0.15, 0.2) is 5.78 Å². The maximum atomic E-state index is 13.4. The van der Waals surface area contributed by atoms with Crippen LogP contribution in [0.4, 0.5) is 0 Å². The van der Waals surface area contributed by atoms with Crippen molar-refractivity contribution < 1.29 is 19.2 Å². The van der Waals surface area contributed by atoms with E-state index in [-0.39, 0.29) is 58.9 Å². The highest BCUT2D eigenvalue weighted by atomic mass is 16.6. The molecule has 6 nitrogen and oxygen atoms in total. The summed E-state index contributed by atoms with van der Waals surface area (Å²) in [6.07, 6.45) is 9.75. The predicted molar refractivity (Wildman–Crippen MR) is 149 cm³/mol. The van der Waals surface area contributed by atoms with E-state index in [2.05, 4.69) is 34.6 Å². The van der Waals surface area contributed by atoms with Crippen molar-refractivity contribution in [2.24, 2.45) is 51.8 Å². The van der Waals surface area contributed by atoms with Crippen molar-refractivity contribution in [2.75, 3.05) is 6.54 Å². The van der Waals surface area contributed by atoms with Crippen molar-refractivity contribution >= 4 is 11.8 Å². The molecule has 0 aromatic heterocycles. The number of rotatable bonds is 5. The Labute approximate surface area is 229 Å². The Morgan fingerprint density at radius 1 is 1.05 bits per heavy atom. The molecule has 0 aromatic carbocycles. The predicted octanol–water partition coefficient (Wildman–Crippen LogP) is 7.42. The highest BCUT2D eigenvalue weighted by Crippen LogP contribution is 2.72. The minimum Gasteiger partial charge on any atom is -0.462 e. The van der Waals surface area contributed by atoms with Gasteiger partial charge in [-0.25, -0.2) is 0 Å². The number of carbonyl (C=O) groups excluding carboxylic acids is 2. The van der Waals surface area contributed by atoms with E-state index in [4.69, 9.17) is 4.74 Å². The summed E-state index contributed by atoms with van der Waals surface area (Å²) in [6.45, 7) is 13.1. The standard InChI is InChI=1S/C31H47NO5.CH4/c1-18(2)27-24(34)17-31(15-16-32(35)36)14-10-23-21(28(27)31)7-8-26-29(5)13-11-25(37-20(4)33)19(3)22(29)9-12-30(23,26)6;/h18-19,21-23,25-26H,7-17H2,1-6H3;1H4. The van der Waals surface area contributed by atoms with Crippen LogP contribution in [0.25, 0.3) is 0 Å². The quantitative estimate of drug-likeness (QED) is 0.210. The molecule has 0 bridgehead atoms. The zero-order chi connectivity index (χ0) is 26.9. The molecule has 0 aromatic rings. The number of hydrogen-bond donors (Lipinski definition) is 0. The molecule has 5 aliphatic carbocycles. The molecule has 5 rings (SSSR count). The normalized spacial score (nSPS) is 43.9. The summed E-state index contributed by atoms with van der Waals surface area (Å²) in [5.41, 5.74) is 2.55. The summed E-state index contributed by atoms with van der Waals surface area (Å²) in [7, 11) is 0. The molecule has 214 valence electrons. The lowest BCUT2D eigenvalue weighted by Gasteiger charge is -2.67. The molecule has 0 saturated heterocycles. The zero-order valence-electron chi connectivity index (χ0n) is 23.8. The molecule has 38 heavy (non-hydrogen) atoms. The van der Waals surface area contributed by atoms with Gasteiger partial charge >= 0.3 is 5.97 Å². The van der Waals surface area contributed by atoms with Crippen LogP contribution in [0.5, 0.6) is 0 Å². The largest absolute Gasteiger partial charge is 0.462 e. The Bertz CT molecular complexity index is 1020. The molecule has 6 heteroatoms. The fourth-order valence-electron chi connectivity index (χ4n) is 11.0. The summed E-state index contributed by atoms with van der Waals surface area (Å²) in [4.78, 5) is 36.3. The summed E-state index contributed by atoms with van der Waals surface area (Å²) in [5.74, 6) is 2.79. The van der Waals surface area contributed by atoms with Crippen molar-refractivity contribution in [1.29, 1.82) is 0 Å². The summed E-state index contributed by atoms with van der Waals surface area (Å²) >= 11 is 0. The lowest BCUT2D eigenvalue weighted by Crippen LogP contribution is -2.60. The lowest BCUT2D eigenvalue weighted by atomic mass is 9.38. The monoisotopic (exact) mass is 529 g/mol. The number of Topliss-reactive ketones (excluding diaryl/α,β-unsaturated/α-hetero) is 1. The molecule has 0 spiro atoms. The highest BCUT2D eigenvalue weighted by Gasteiger charge is 2.65. The first-order valence-electron chi connectivity index (χ1n) is 14.9. The van der Waals surface area contributed by atoms with Gasteiger partial charge in [-0.15, -0.1) is 0 Å². The molecule has 0 amide bonds. The number of fused-ring (bicyclic) bond motifs is 7. The molecule has 9 unspecified atom stereocenters. The number of ether oxygens (including phenoxy) is 1. The van der Waals surface area contributed by atoms with Crippen LogP contribution in [0, 0.1) is 61.9 Å². The number of allylic oxidation sites excluding steroid dienone is 2. The molecule has 9 atom stereocenters. The van der Waals surface area contributed by atoms with Crippen molar-refractivity contribution in [3.63, 3.8) is 0 Å². The van der Waals surface area contributed by atoms with Crippen LogP contribution >= 0.6 is 0 Å². The first-order chi connectivity index (χ1) is 17.3. The number of hydrogen-bond acceptors (Lipinski definition) is 5. The average Bonchev–Trinajstić information content (AvgIpc) is 3.12. The number of carbonyl (C=O) groups is 2. The van der Waals surface area contributed by atoms with Crippen molar-refractivity contribution in [3.05, 3.63) is 21.3 Å². The number of nitrogens with zero attached hydrogens (tertiary/aromatic N) is 1. The van der Waals surface area contributed by atoms with Gasteiger partial charge in [0, 0.05) is 30.1 Å². The van der Waals surface area contributed by atoms with Crippen LogP contribution in [0.2, 0.25) is 0 Å². The minimum atomic E-state index is -0.286. The number of ketones is 1. The van der Waals surface area contributed by atoms with E-state index in [1.54, 1.807) is 0 Å². The van der Waals surface area contributed by atoms with Gasteiger partial charge < -0.3 is 4.74 Å². The zero-order valence-corrected chi connectivity index (χ0v) is 23.8. The Morgan fingerprint density at radius 3 is 2.32 bits per heavy atom. The Balaban J connectivity index is 0.00000336. The third kappa shape index (κ3) is 4.27. The van der Waals surface area contributed by atoms with Gasteiger partial charge in [0.25, 0.3) is 0 Å². The van der Waals surface area contributed by atoms with Crippen LogP contribution in [0.3, 0.4) is 0 Å². The van der Waals surface area contributed by atoms with E-state index in [0.29, 0.717) is 42.4 Å². The van der Waals surface area contributed by atoms with Gasteiger partial charge in [-0.1, -0.05) is 47.6 Å². The molecule has 4 saturated carbocycles. The van der Waals surface area contributed by atoms with Crippen LogP contribution in [-0.4, -0.2) is 29.3 Å². The van der Waals surface area contributed by atoms with E-state index in [1.807, 2.05) is 0 Å². The van der Waals surface area contributed by atoms with Crippen molar-refractivity contribution in [3.8, 4) is 0 Å². The molecule has 4 fully saturated rings. The van der Waals surface area contributed by atoms with Gasteiger partial charge in [-0.05, 0) is 103 Å². The topological polar surface area (TPSA) is 86.5 Å². The lowest BCUT2D eigenvalue weighted by molar-refractivity contribution is -0.482. The molecule has 0 radical (unpaired) electrons. The van der Waals surface area contributed by atoms with Gasteiger partial charge in [0.1, 0.15) is 6.10 Å². The SMILES string of the molecule is C.CC(=O)OC1CCC2(C)C(CCC3(C)C4CCC5(CC[N+](=O)[O-])CC(=O)C(C(C)C)=C5C4CCC32)C1C. The van der Waals surface area contributed by atoms with Crippen LogP contribution in [0.15, 0.2) is 11.1 Å². The van der Waals surface area contributed by atoms with Crippen molar-refractivity contribution in [2.45, 2.75) is 119 Å². The van der Waals surface area contributed by atoms with E-state index in [9.17, 15) is 19.7 Å². The van der Waals surface area contributed by atoms with E-state index < -0.39 is 0 Å². The Kier molecular flexibility index (Phi) is 7.73. The second-order valence-corrected chi connectivity index (χ2v) is 14.3. The first kappa shape index (κ1) is 29.3. The molecule has 0 aliphatic heterocycles. The number of nitro groups is 1. The third-order valence-corrected chi connectivity index (χ3v) is 12.4. The minimum absolute atomic E-state index is 0. The number of esters is 1. The fourth-order valence-corrected chi connectivity index (χ4v) is 11.0. The fraction of sp³-hybridized carbons (Fsp3) is 0.875. The maximum absolute atomic E-state index is 13.4. The Hall–Kier alpha value is -1.72. The summed E-state index contributed by atoms with van der Waals surface area (Å²) < 4.78 is 5.76. The third-order valence-electron chi connectivity index (χ3n) is 12.4. The van der Waals surface area contributed by atoms with Crippen LogP contribution in [-0.2, 0) is 14.3 Å². The van der Waals surface area contributed by atoms with E-state index >= 15 is 0 Å². The summed E-state index contributed by atoms with van der Waals surface area (Å²) in [6, 6.07) is 0. The van der Waals surface area contributed by atoms with Crippen LogP contribution < -0.4 is 0 Å². The molecular formula is C32H51NO5. The second kappa shape index (κ2) is 10.0. The van der Waals surface area contributed by atoms with Crippen molar-refractivity contribution in [1.82, 2.24) is 0 Å². The van der Waals surface area contributed by atoms with Crippen LogP contribution in [0.1, 0.15) is 113 Å². The summed E-state index contributed by atoms with van der Waals surface area (Å²) in [5, 5.41) is 11.4. The maximum Gasteiger partial charge on any atom is 0.302 e. The Morgan fingerprint density at radius 2 is 1.68 bits per heavy atom.